The van der Waals surface area contributed by atoms with Crippen LogP contribution in [0, 0.1) is 5.92 Å². The first-order valence-corrected chi connectivity index (χ1v) is 4.60. The molecule has 0 rings (SSSR count). The number of hydrogen-bond acceptors (Lipinski definition) is 2. The Bertz CT molecular complexity index is 190. The summed E-state index contributed by atoms with van der Waals surface area (Å²) >= 11 is 0. The number of hydrogen-bond donors (Lipinski definition) is 3. The van der Waals surface area contributed by atoms with Crippen LogP contribution in [0.2, 0.25) is 0 Å². The third kappa shape index (κ3) is 7.18. The summed E-state index contributed by atoms with van der Waals surface area (Å²) in [5, 5.41) is 3.17. The molecule has 0 aromatic carbocycles. The van der Waals surface area contributed by atoms with Crippen LogP contribution in [0.25, 0.3) is 0 Å². The van der Waals surface area contributed by atoms with Crippen LogP contribution in [0.4, 0.5) is 0 Å². The zero-order chi connectivity index (χ0) is 10.3. The number of rotatable bonds is 5. The molecular weight excluding hydrogens is 164 g/mol. The van der Waals surface area contributed by atoms with Crippen molar-refractivity contribution in [2.24, 2.45) is 22.4 Å². The smallest absolute Gasteiger partial charge is 0.192 e. The van der Waals surface area contributed by atoms with Gasteiger partial charge in [0.05, 0.1) is 0 Å². The van der Waals surface area contributed by atoms with Gasteiger partial charge in [-0.15, -0.1) is 0 Å². The van der Waals surface area contributed by atoms with Gasteiger partial charge < -0.3 is 16.8 Å². The van der Waals surface area contributed by atoms with E-state index in [1.807, 2.05) is 13.0 Å². The molecule has 4 heteroatoms. The van der Waals surface area contributed by atoms with Crippen molar-refractivity contribution >= 4 is 5.96 Å². The van der Waals surface area contributed by atoms with Crippen LogP contribution in [0.3, 0.4) is 0 Å². The zero-order valence-electron chi connectivity index (χ0n) is 8.67. The highest BCUT2D eigenvalue weighted by Gasteiger charge is 1.96. The van der Waals surface area contributed by atoms with Crippen LogP contribution in [-0.2, 0) is 0 Å². The Balaban J connectivity index is 4.12. The molecule has 0 bridgehead atoms. The Hall–Kier alpha value is -1.19. The third-order valence-electron chi connectivity index (χ3n) is 1.34. The SMILES string of the molecule is CC/C=C(/N=C(N)N)NCC(C)C. The van der Waals surface area contributed by atoms with Gasteiger partial charge in [-0.05, 0) is 18.4 Å². The molecule has 0 aliphatic carbocycles. The normalized spacial score (nSPS) is 11.5. The first-order chi connectivity index (χ1) is 6.06. The number of aliphatic imine (C=N–C) groups is 1. The molecule has 0 atom stereocenters. The second-order valence-electron chi connectivity index (χ2n) is 3.31. The van der Waals surface area contributed by atoms with E-state index in [-0.39, 0.29) is 5.96 Å². The fourth-order valence-corrected chi connectivity index (χ4v) is 0.798. The summed E-state index contributed by atoms with van der Waals surface area (Å²) in [4.78, 5) is 3.96. The van der Waals surface area contributed by atoms with E-state index in [1.165, 1.54) is 0 Å². The van der Waals surface area contributed by atoms with E-state index in [0.29, 0.717) is 5.92 Å². The zero-order valence-corrected chi connectivity index (χ0v) is 8.67. The van der Waals surface area contributed by atoms with Gasteiger partial charge >= 0.3 is 0 Å². The molecule has 4 nitrogen and oxygen atoms in total. The maximum absolute atomic E-state index is 5.28. The quantitative estimate of drug-likeness (QED) is 0.436. The van der Waals surface area contributed by atoms with Gasteiger partial charge in [-0.25, -0.2) is 0 Å². The second-order valence-corrected chi connectivity index (χ2v) is 3.31. The van der Waals surface area contributed by atoms with Gasteiger partial charge in [-0.1, -0.05) is 20.8 Å². The largest absolute Gasteiger partial charge is 0.370 e. The van der Waals surface area contributed by atoms with Gasteiger partial charge in [0.1, 0.15) is 5.82 Å². The van der Waals surface area contributed by atoms with Crippen LogP contribution < -0.4 is 16.8 Å². The Morgan fingerprint density at radius 2 is 2.08 bits per heavy atom. The van der Waals surface area contributed by atoms with Crippen LogP contribution in [0.5, 0.6) is 0 Å². The van der Waals surface area contributed by atoms with Crippen LogP contribution in [0.1, 0.15) is 27.2 Å². The number of nitrogens with one attached hydrogen (secondary N) is 1. The summed E-state index contributed by atoms with van der Waals surface area (Å²) in [5.74, 6) is 1.43. The van der Waals surface area contributed by atoms with E-state index in [2.05, 4.69) is 24.2 Å². The lowest BCUT2D eigenvalue weighted by atomic mass is 10.2. The molecule has 0 aromatic rings. The van der Waals surface area contributed by atoms with Crippen molar-refractivity contribution in [2.75, 3.05) is 6.54 Å². The minimum atomic E-state index is 0.0935. The summed E-state index contributed by atoms with van der Waals surface area (Å²) in [6, 6.07) is 0. The minimum Gasteiger partial charge on any atom is -0.370 e. The molecule has 13 heavy (non-hydrogen) atoms. The Labute approximate surface area is 80.1 Å². The van der Waals surface area contributed by atoms with Crippen molar-refractivity contribution in [3.63, 3.8) is 0 Å². The monoisotopic (exact) mass is 184 g/mol. The average Bonchev–Trinajstić information content (AvgIpc) is 1.99. The highest BCUT2D eigenvalue weighted by molar-refractivity contribution is 5.76. The second kappa shape index (κ2) is 6.34. The first kappa shape index (κ1) is 11.8. The van der Waals surface area contributed by atoms with Crippen molar-refractivity contribution in [2.45, 2.75) is 27.2 Å². The lowest BCUT2D eigenvalue weighted by Gasteiger charge is -2.09. The van der Waals surface area contributed by atoms with E-state index >= 15 is 0 Å². The number of nitrogens with zero attached hydrogens (tertiary/aromatic N) is 1. The van der Waals surface area contributed by atoms with E-state index in [1.54, 1.807) is 0 Å². The predicted molar refractivity (Wildman–Crippen MR) is 57.0 cm³/mol. The molecule has 0 unspecified atom stereocenters. The first-order valence-electron chi connectivity index (χ1n) is 4.60. The van der Waals surface area contributed by atoms with E-state index in [0.717, 1.165) is 18.8 Å². The standard InChI is InChI=1S/C9H20N4/c1-4-5-8(13-9(10)11)12-6-7(2)3/h5,7,12H,4,6H2,1-3H3,(H4,10,11,13)/b8-5+. The van der Waals surface area contributed by atoms with Gasteiger partial charge in [0.2, 0.25) is 0 Å². The molecule has 0 aliphatic rings. The third-order valence-corrected chi connectivity index (χ3v) is 1.34. The molecular formula is C9H20N4. The summed E-state index contributed by atoms with van der Waals surface area (Å²) in [5.41, 5.74) is 10.6. The lowest BCUT2D eigenvalue weighted by molar-refractivity contribution is 0.592. The molecule has 0 aromatic heterocycles. The van der Waals surface area contributed by atoms with Crippen LogP contribution >= 0.6 is 0 Å². The van der Waals surface area contributed by atoms with E-state index in [9.17, 15) is 0 Å². The molecule has 0 radical (unpaired) electrons. The molecule has 0 fully saturated rings. The van der Waals surface area contributed by atoms with Gasteiger partial charge in [-0.2, -0.15) is 4.99 Å². The Morgan fingerprint density at radius 3 is 2.46 bits per heavy atom. The highest BCUT2D eigenvalue weighted by Crippen LogP contribution is 1.96. The molecule has 0 amide bonds. The van der Waals surface area contributed by atoms with Gasteiger partial charge in [0, 0.05) is 6.54 Å². The molecule has 0 heterocycles. The summed E-state index contributed by atoms with van der Waals surface area (Å²) in [6.45, 7) is 7.18. The molecule has 0 saturated heterocycles. The molecule has 5 N–H and O–H groups in total. The molecule has 0 spiro atoms. The number of allylic oxidation sites excluding steroid dienone is 1. The minimum absolute atomic E-state index is 0.0935. The van der Waals surface area contributed by atoms with Gasteiger partial charge in [-0.3, -0.25) is 0 Å². The van der Waals surface area contributed by atoms with Crippen molar-refractivity contribution in [3.8, 4) is 0 Å². The Morgan fingerprint density at radius 1 is 1.46 bits per heavy atom. The van der Waals surface area contributed by atoms with Crippen molar-refractivity contribution < 1.29 is 0 Å². The van der Waals surface area contributed by atoms with Gasteiger partial charge in [0.25, 0.3) is 0 Å². The van der Waals surface area contributed by atoms with Crippen molar-refractivity contribution in [1.29, 1.82) is 0 Å². The van der Waals surface area contributed by atoms with Gasteiger partial charge in [0.15, 0.2) is 5.96 Å². The van der Waals surface area contributed by atoms with E-state index in [4.69, 9.17) is 11.5 Å². The average molecular weight is 184 g/mol. The molecule has 0 aliphatic heterocycles. The summed E-state index contributed by atoms with van der Waals surface area (Å²) in [6.07, 6.45) is 2.87. The predicted octanol–water partition coefficient (Wildman–Crippen LogP) is 0.757. The summed E-state index contributed by atoms with van der Waals surface area (Å²) in [7, 11) is 0. The number of nitrogens with two attached hydrogens (primary N) is 2. The Kier molecular flexibility index (Phi) is 5.76. The van der Waals surface area contributed by atoms with E-state index < -0.39 is 0 Å². The maximum Gasteiger partial charge on any atom is 0.192 e. The topological polar surface area (TPSA) is 76.4 Å². The summed E-state index contributed by atoms with van der Waals surface area (Å²) < 4.78 is 0. The fourth-order valence-electron chi connectivity index (χ4n) is 0.798. The van der Waals surface area contributed by atoms with Crippen LogP contribution in [-0.4, -0.2) is 12.5 Å². The lowest BCUT2D eigenvalue weighted by Crippen LogP contribution is -2.26. The molecule has 0 saturated carbocycles. The molecule has 76 valence electrons. The number of guanidine groups is 1. The van der Waals surface area contributed by atoms with Crippen molar-refractivity contribution in [3.05, 3.63) is 11.9 Å². The van der Waals surface area contributed by atoms with Crippen molar-refractivity contribution in [1.82, 2.24) is 5.32 Å². The fraction of sp³-hybridized carbons (Fsp3) is 0.667. The maximum atomic E-state index is 5.28. The highest BCUT2D eigenvalue weighted by atomic mass is 15.1. The van der Waals surface area contributed by atoms with Crippen LogP contribution in [0.15, 0.2) is 16.9 Å².